The first-order chi connectivity index (χ1) is 20.6. The van der Waals surface area contributed by atoms with Gasteiger partial charge < -0.3 is 20.4 Å². The van der Waals surface area contributed by atoms with Crippen molar-refractivity contribution in [2.24, 2.45) is 11.8 Å². The van der Waals surface area contributed by atoms with Gasteiger partial charge in [-0.15, -0.1) is 0 Å². The maximum absolute atomic E-state index is 12.2. The molecule has 2 rings (SSSR count). The van der Waals surface area contributed by atoms with E-state index in [1.807, 2.05) is 39.8 Å². The van der Waals surface area contributed by atoms with Gasteiger partial charge in [-0.2, -0.15) is 0 Å². The predicted octanol–water partition coefficient (Wildman–Crippen LogP) is 9.46. The summed E-state index contributed by atoms with van der Waals surface area (Å²) >= 11 is 0. The van der Waals surface area contributed by atoms with Crippen LogP contribution in [0.1, 0.15) is 174 Å². The average molecular weight is 676 g/mol. The van der Waals surface area contributed by atoms with Crippen molar-refractivity contribution < 1.29 is 49.5 Å². The van der Waals surface area contributed by atoms with Crippen molar-refractivity contribution in [3.05, 3.63) is 57.6 Å². The van der Waals surface area contributed by atoms with Crippen LogP contribution in [0.3, 0.4) is 0 Å². The number of unbranched alkanes of at least 4 members (excludes halogenated alkanes) is 6. The molecule has 0 atom stereocenters. The van der Waals surface area contributed by atoms with E-state index >= 15 is 0 Å². The summed E-state index contributed by atoms with van der Waals surface area (Å²) in [5.74, 6) is -0.912. The molecule has 0 aliphatic rings. The summed E-state index contributed by atoms with van der Waals surface area (Å²) in [7, 11) is 0. The Morgan fingerprint density at radius 1 is 0.556 bits per heavy atom. The molecule has 7 heteroatoms. The number of rotatable bonds is 18. The third-order valence-corrected chi connectivity index (χ3v) is 8.13. The van der Waals surface area contributed by atoms with Crippen LogP contribution in [0.25, 0.3) is 0 Å². The van der Waals surface area contributed by atoms with E-state index < -0.39 is 11.9 Å². The first-order valence-corrected chi connectivity index (χ1v) is 16.8. The number of aromatic carboxylic acids is 2. The zero-order chi connectivity index (χ0) is 33.4. The summed E-state index contributed by atoms with van der Waals surface area (Å²) in [6.45, 7) is 17.0. The van der Waals surface area contributed by atoms with Crippen molar-refractivity contribution in [2.75, 3.05) is 0 Å². The molecule has 0 amide bonds. The van der Waals surface area contributed by atoms with Crippen LogP contribution in [0.4, 0.5) is 0 Å². The van der Waals surface area contributed by atoms with E-state index in [9.17, 15) is 30.0 Å². The molecule has 248 valence electrons. The van der Waals surface area contributed by atoms with E-state index in [4.69, 9.17) is 0 Å². The van der Waals surface area contributed by atoms with Crippen molar-refractivity contribution >= 4 is 11.9 Å². The zero-order valence-corrected chi connectivity index (χ0v) is 32.3. The minimum absolute atomic E-state index is 0. The molecule has 0 aromatic heterocycles. The maximum Gasteiger partial charge on any atom is 2.00 e. The molecule has 0 spiro atoms. The van der Waals surface area contributed by atoms with Gasteiger partial charge in [-0.25, -0.2) is 9.59 Å². The smallest absolute Gasteiger partial charge is 0.872 e. The number of carboxylic acids is 2. The van der Waals surface area contributed by atoms with Crippen LogP contribution in [0.5, 0.6) is 11.5 Å². The Morgan fingerprint density at radius 2 is 0.867 bits per heavy atom. The number of benzene rings is 2. The average Bonchev–Trinajstić information content (AvgIpc) is 2.93. The molecule has 2 N–H and O–H groups in total. The standard InChI is InChI=1S/2C19H30O3.Zn/c2*1-13(2)9-7-5-6-8-10-15-11-16(14(3)4)12-17(18(15)20)19(21)22;/h2*11-14,20H,5-10H2,1-4H3,(H,21,22);/q;;+2/p-2. The molecular weight excluding hydrogens is 618 g/mol. The minimum atomic E-state index is -1.12. The fourth-order valence-corrected chi connectivity index (χ4v) is 5.23. The van der Waals surface area contributed by atoms with Crippen LogP contribution in [0.15, 0.2) is 24.3 Å². The number of carboxylic acid groups (broad SMARTS) is 2. The van der Waals surface area contributed by atoms with Crippen molar-refractivity contribution in [1.29, 1.82) is 0 Å². The van der Waals surface area contributed by atoms with Crippen molar-refractivity contribution in [1.82, 2.24) is 0 Å². The van der Waals surface area contributed by atoms with Gasteiger partial charge in [-0.1, -0.05) is 142 Å². The second kappa shape index (κ2) is 22.2. The molecule has 2 aromatic rings. The van der Waals surface area contributed by atoms with Crippen LogP contribution < -0.4 is 10.2 Å². The molecule has 0 unspecified atom stereocenters. The molecule has 0 saturated heterocycles. The predicted molar refractivity (Wildman–Crippen MR) is 177 cm³/mol. The maximum atomic E-state index is 12.2. The summed E-state index contributed by atoms with van der Waals surface area (Å²) in [4.78, 5) is 22.5. The number of aryl methyl sites for hydroxylation is 2. The van der Waals surface area contributed by atoms with Crippen molar-refractivity contribution in [3.63, 3.8) is 0 Å². The Morgan fingerprint density at radius 3 is 1.13 bits per heavy atom. The molecule has 6 nitrogen and oxygen atoms in total. The van der Waals surface area contributed by atoms with Crippen LogP contribution in [0, 0.1) is 11.8 Å². The molecular formula is C38H58O6Zn. The Balaban J connectivity index is 0.000000842. The Bertz CT molecular complexity index is 1080. The third-order valence-electron chi connectivity index (χ3n) is 8.13. The molecule has 0 aliphatic carbocycles. The third kappa shape index (κ3) is 16.1. The van der Waals surface area contributed by atoms with Crippen LogP contribution in [-0.4, -0.2) is 22.2 Å². The summed E-state index contributed by atoms with van der Waals surface area (Å²) in [6, 6.07) is 6.85. The fourth-order valence-electron chi connectivity index (χ4n) is 5.23. The van der Waals surface area contributed by atoms with E-state index in [0.29, 0.717) is 24.0 Å². The van der Waals surface area contributed by atoms with E-state index in [0.717, 1.165) is 48.6 Å². The summed E-state index contributed by atoms with van der Waals surface area (Å²) in [6.07, 6.45) is 12.8. The fraction of sp³-hybridized carbons (Fsp3) is 0.632. The van der Waals surface area contributed by atoms with Gasteiger partial charge in [0.25, 0.3) is 0 Å². The first-order valence-electron chi connectivity index (χ1n) is 16.8. The number of hydrogen-bond donors (Lipinski definition) is 2. The van der Waals surface area contributed by atoms with Crippen molar-refractivity contribution in [3.8, 4) is 11.5 Å². The Hall–Kier alpha value is -2.40. The van der Waals surface area contributed by atoms with Crippen LogP contribution in [-0.2, 0) is 32.3 Å². The normalized spacial score (nSPS) is 11.1. The second-order valence-corrected chi connectivity index (χ2v) is 13.7. The zero-order valence-electron chi connectivity index (χ0n) is 29.3. The van der Waals surface area contributed by atoms with Gasteiger partial charge in [0.05, 0.1) is 11.1 Å². The SMILES string of the molecule is CC(C)CCCCCCc1cc(C(C)C)cc(C(=O)O)c1[O-].CC(C)CCCCCCc1cc(C(C)C)cc(C(=O)O)c1[O-].[Zn+2]. The first kappa shape index (κ1) is 42.6. The molecule has 0 bridgehead atoms. The summed E-state index contributed by atoms with van der Waals surface area (Å²) in [5.41, 5.74) is 3.03. The van der Waals surface area contributed by atoms with Gasteiger partial charge in [0, 0.05) is 0 Å². The minimum Gasteiger partial charge on any atom is -0.872 e. The Labute approximate surface area is 285 Å². The monoisotopic (exact) mass is 674 g/mol. The molecule has 0 radical (unpaired) electrons. The van der Waals surface area contributed by atoms with E-state index in [-0.39, 0.29) is 53.9 Å². The van der Waals surface area contributed by atoms with E-state index in [2.05, 4.69) is 27.7 Å². The van der Waals surface area contributed by atoms with Crippen molar-refractivity contribution in [2.45, 2.75) is 144 Å². The van der Waals surface area contributed by atoms with Gasteiger partial charge in [0.2, 0.25) is 0 Å². The summed E-state index contributed by atoms with van der Waals surface area (Å²) < 4.78 is 0. The molecule has 0 aliphatic heterocycles. The number of hydrogen-bond acceptors (Lipinski definition) is 4. The largest absolute Gasteiger partial charge is 2.00 e. The molecule has 45 heavy (non-hydrogen) atoms. The molecule has 2 aromatic carbocycles. The van der Waals surface area contributed by atoms with Crippen LogP contribution in [0.2, 0.25) is 0 Å². The van der Waals surface area contributed by atoms with E-state index in [1.165, 1.54) is 50.7 Å². The van der Waals surface area contributed by atoms with Gasteiger partial charge in [0.15, 0.2) is 0 Å². The van der Waals surface area contributed by atoms with Gasteiger partial charge in [-0.3, -0.25) is 0 Å². The molecule has 0 saturated carbocycles. The Kier molecular flexibility index (Phi) is 21.0. The summed E-state index contributed by atoms with van der Waals surface area (Å²) in [5, 5.41) is 42.8. The van der Waals surface area contributed by atoms with Gasteiger partial charge in [-0.05, 0) is 72.6 Å². The van der Waals surface area contributed by atoms with Gasteiger partial charge >= 0.3 is 31.4 Å². The van der Waals surface area contributed by atoms with E-state index in [1.54, 1.807) is 0 Å². The van der Waals surface area contributed by atoms with Gasteiger partial charge in [0.1, 0.15) is 0 Å². The number of carbonyl (C=O) groups is 2. The molecule has 0 fully saturated rings. The second-order valence-electron chi connectivity index (χ2n) is 13.7. The topological polar surface area (TPSA) is 121 Å². The quantitative estimate of drug-likeness (QED) is 0.120. The molecule has 0 heterocycles. The van der Waals surface area contributed by atoms with Crippen LogP contribution >= 0.6 is 0 Å².